The topological polar surface area (TPSA) is 43.4 Å². The van der Waals surface area contributed by atoms with E-state index in [0.29, 0.717) is 0 Å². The maximum absolute atomic E-state index is 9.68. The second-order valence-electron chi connectivity index (χ2n) is 0.657. The first kappa shape index (κ1) is 5.70. The fourth-order valence-electron chi connectivity index (χ4n) is 0.0821. The SMILES string of the molecule is C#COC(=O)C=O. The average molecular weight is 98.1 g/mol. The van der Waals surface area contributed by atoms with E-state index in [9.17, 15) is 9.59 Å². The molecule has 0 saturated carbocycles. The molecular formula is C4H2O3. The minimum atomic E-state index is -1.04. The highest BCUT2D eigenvalue weighted by Gasteiger charge is 1.91. The summed E-state index contributed by atoms with van der Waals surface area (Å²) in [6.07, 6.45) is 5.99. The molecule has 0 aromatic carbocycles. The van der Waals surface area contributed by atoms with Gasteiger partial charge in [0.2, 0.25) is 6.29 Å². The van der Waals surface area contributed by atoms with Gasteiger partial charge in [0.1, 0.15) is 6.11 Å². The third-order valence-electron chi connectivity index (χ3n) is 0.256. The molecule has 0 spiro atoms. The van der Waals surface area contributed by atoms with Gasteiger partial charge in [0, 0.05) is 0 Å². The van der Waals surface area contributed by atoms with Gasteiger partial charge in [-0.25, -0.2) is 4.79 Å². The lowest BCUT2D eigenvalue weighted by atomic mass is 10.8. The maximum Gasteiger partial charge on any atom is 0.385 e. The van der Waals surface area contributed by atoms with Crippen LogP contribution in [0.4, 0.5) is 0 Å². The summed E-state index contributed by atoms with van der Waals surface area (Å²) in [6.45, 7) is 0. The Labute approximate surface area is 40.3 Å². The molecule has 0 N–H and O–H groups in total. The van der Waals surface area contributed by atoms with Gasteiger partial charge >= 0.3 is 5.97 Å². The van der Waals surface area contributed by atoms with Crippen LogP contribution in [0.25, 0.3) is 0 Å². The lowest BCUT2D eigenvalue weighted by molar-refractivity contribution is -0.143. The Morgan fingerprint density at radius 3 is 2.57 bits per heavy atom. The number of hydrogen-bond acceptors (Lipinski definition) is 3. The Morgan fingerprint density at radius 1 is 1.86 bits per heavy atom. The summed E-state index contributed by atoms with van der Waals surface area (Å²) >= 11 is 0. The third-order valence-corrected chi connectivity index (χ3v) is 0.256. The van der Waals surface area contributed by atoms with Crippen molar-refractivity contribution in [2.24, 2.45) is 0 Å². The lowest BCUT2D eigenvalue weighted by Gasteiger charge is -1.77. The molecule has 36 valence electrons. The number of rotatable bonds is 1. The van der Waals surface area contributed by atoms with Crippen LogP contribution in [0.3, 0.4) is 0 Å². The van der Waals surface area contributed by atoms with E-state index in [2.05, 4.69) is 11.2 Å². The normalized spacial score (nSPS) is 6.14. The largest absolute Gasteiger partial charge is 0.385 e. The molecule has 0 saturated heterocycles. The summed E-state index contributed by atoms with van der Waals surface area (Å²) < 4.78 is 3.71. The molecule has 0 radical (unpaired) electrons. The summed E-state index contributed by atoms with van der Waals surface area (Å²) in [6, 6.07) is 0. The molecule has 0 rings (SSSR count). The second kappa shape index (κ2) is 2.91. The zero-order chi connectivity index (χ0) is 5.70. The first-order chi connectivity index (χ1) is 3.31. The van der Waals surface area contributed by atoms with Gasteiger partial charge < -0.3 is 4.74 Å². The van der Waals surface area contributed by atoms with E-state index in [-0.39, 0.29) is 6.29 Å². The standard InChI is InChI=1S/C4H2O3/c1-2-7-4(6)3-5/h1,3H. The van der Waals surface area contributed by atoms with E-state index in [1.165, 1.54) is 6.11 Å². The zero-order valence-electron chi connectivity index (χ0n) is 3.38. The summed E-state index contributed by atoms with van der Waals surface area (Å²) in [4.78, 5) is 19.0. The highest BCUT2D eigenvalue weighted by molar-refractivity contribution is 6.20. The van der Waals surface area contributed by atoms with Crippen LogP contribution in [0.1, 0.15) is 0 Å². The molecule has 7 heavy (non-hydrogen) atoms. The predicted molar refractivity (Wildman–Crippen MR) is 21.0 cm³/mol. The van der Waals surface area contributed by atoms with Crippen molar-refractivity contribution >= 4 is 12.3 Å². The van der Waals surface area contributed by atoms with Crippen LogP contribution in [-0.4, -0.2) is 12.3 Å². The molecule has 0 aliphatic rings. The fourth-order valence-corrected chi connectivity index (χ4v) is 0.0821. The zero-order valence-corrected chi connectivity index (χ0v) is 3.38. The molecule has 0 aromatic rings. The molecular weight excluding hydrogens is 96.0 g/mol. The smallest absolute Gasteiger partial charge is 0.367 e. The van der Waals surface area contributed by atoms with Crippen LogP contribution in [0.15, 0.2) is 0 Å². The van der Waals surface area contributed by atoms with Crippen molar-refractivity contribution in [1.29, 1.82) is 0 Å². The van der Waals surface area contributed by atoms with Crippen molar-refractivity contribution in [2.45, 2.75) is 0 Å². The van der Waals surface area contributed by atoms with Crippen LogP contribution in [0.2, 0.25) is 0 Å². The lowest BCUT2D eigenvalue weighted by Crippen LogP contribution is -1.98. The van der Waals surface area contributed by atoms with Crippen molar-refractivity contribution in [1.82, 2.24) is 0 Å². The fraction of sp³-hybridized carbons (Fsp3) is 0. The summed E-state index contributed by atoms with van der Waals surface area (Å²) in [5, 5.41) is 0. The van der Waals surface area contributed by atoms with Crippen LogP contribution in [0, 0.1) is 12.5 Å². The van der Waals surface area contributed by atoms with Crippen LogP contribution in [0.5, 0.6) is 0 Å². The minimum Gasteiger partial charge on any atom is -0.367 e. The van der Waals surface area contributed by atoms with Crippen molar-refractivity contribution in [3.63, 3.8) is 0 Å². The van der Waals surface area contributed by atoms with Gasteiger partial charge in [-0.15, -0.1) is 0 Å². The van der Waals surface area contributed by atoms with E-state index in [0.717, 1.165) is 0 Å². The number of esters is 1. The predicted octanol–water partition coefficient (Wildman–Crippen LogP) is -0.681. The number of carbonyl (C=O) groups is 2. The molecule has 0 fully saturated rings. The van der Waals surface area contributed by atoms with Crippen molar-refractivity contribution < 1.29 is 14.3 Å². The molecule has 0 amide bonds. The third kappa shape index (κ3) is 2.50. The Kier molecular flexibility index (Phi) is 2.37. The van der Waals surface area contributed by atoms with Gasteiger partial charge in [0.25, 0.3) is 0 Å². The molecule has 0 aliphatic heterocycles. The quantitative estimate of drug-likeness (QED) is 0.189. The number of hydrogen-bond donors (Lipinski definition) is 0. The Morgan fingerprint density at radius 2 is 2.43 bits per heavy atom. The maximum atomic E-state index is 9.68. The van der Waals surface area contributed by atoms with Gasteiger partial charge in [-0.1, -0.05) is 6.42 Å². The molecule has 0 unspecified atom stereocenters. The Hall–Kier alpha value is -1.30. The number of ether oxygens (including phenoxy) is 1. The molecule has 3 heteroatoms. The highest BCUT2D eigenvalue weighted by atomic mass is 16.5. The van der Waals surface area contributed by atoms with E-state index >= 15 is 0 Å². The highest BCUT2D eigenvalue weighted by Crippen LogP contribution is 1.63. The first-order valence-corrected chi connectivity index (χ1v) is 1.43. The van der Waals surface area contributed by atoms with Crippen molar-refractivity contribution in [3.05, 3.63) is 0 Å². The first-order valence-electron chi connectivity index (χ1n) is 1.43. The summed E-state index contributed by atoms with van der Waals surface area (Å²) in [5.41, 5.74) is 0. The van der Waals surface area contributed by atoms with E-state index < -0.39 is 5.97 Å². The van der Waals surface area contributed by atoms with Gasteiger partial charge in [-0.2, -0.15) is 0 Å². The number of aldehydes is 1. The molecule has 0 aliphatic carbocycles. The second-order valence-corrected chi connectivity index (χ2v) is 0.657. The van der Waals surface area contributed by atoms with Crippen molar-refractivity contribution in [3.8, 4) is 12.5 Å². The molecule has 3 nitrogen and oxygen atoms in total. The van der Waals surface area contributed by atoms with Gasteiger partial charge in [0.05, 0.1) is 0 Å². The van der Waals surface area contributed by atoms with Gasteiger partial charge in [-0.05, 0) is 0 Å². The minimum absolute atomic E-state index is 0.000139. The van der Waals surface area contributed by atoms with E-state index in [4.69, 9.17) is 0 Å². The van der Waals surface area contributed by atoms with Crippen LogP contribution in [-0.2, 0) is 14.3 Å². The van der Waals surface area contributed by atoms with E-state index in [1.54, 1.807) is 0 Å². The van der Waals surface area contributed by atoms with Crippen LogP contribution >= 0.6 is 0 Å². The average Bonchev–Trinajstić information content (AvgIpc) is 1.68. The van der Waals surface area contributed by atoms with Crippen molar-refractivity contribution in [2.75, 3.05) is 0 Å². The Bertz CT molecular complexity index is 119. The molecule has 0 bridgehead atoms. The van der Waals surface area contributed by atoms with Crippen LogP contribution < -0.4 is 0 Å². The van der Waals surface area contributed by atoms with Gasteiger partial charge in [-0.3, -0.25) is 4.79 Å². The monoisotopic (exact) mass is 98.0 g/mol. The number of carbonyl (C=O) groups excluding carboxylic acids is 2. The molecule has 0 atom stereocenters. The molecule has 0 aromatic heterocycles. The molecule has 0 heterocycles. The van der Waals surface area contributed by atoms with Gasteiger partial charge in [0.15, 0.2) is 0 Å². The number of terminal acetylenes is 1. The summed E-state index contributed by atoms with van der Waals surface area (Å²) in [5.74, 6) is -1.04. The summed E-state index contributed by atoms with van der Waals surface area (Å²) in [7, 11) is 0. The van der Waals surface area contributed by atoms with E-state index in [1.807, 2.05) is 0 Å². The Balaban J connectivity index is 3.42.